The van der Waals surface area contributed by atoms with Gasteiger partial charge in [0.15, 0.2) is 0 Å². The topological polar surface area (TPSA) is 358 Å². The molecule has 0 aromatic heterocycles. The first-order valence-corrected chi connectivity index (χ1v) is 26.8. The van der Waals surface area contributed by atoms with E-state index in [2.05, 4.69) is 9.05 Å². The van der Waals surface area contributed by atoms with Gasteiger partial charge in [0, 0.05) is 18.4 Å². The molecular weight excluding hydrogens is 964 g/mol. The summed E-state index contributed by atoms with van der Waals surface area (Å²) in [4.78, 5) is 54.6. The molecule has 6 atom stereocenters. The average Bonchev–Trinajstić information content (AvgIpc) is 3.25. The molecule has 27 nitrogen and oxygen atoms in total. The molecule has 0 aromatic rings. The van der Waals surface area contributed by atoms with Gasteiger partial charge in [-0.2, -0.15) is 0 Å². The molecule has 0 saturated carbocycles. The maximum atomic E-state index is 11.8. The van der Waals surface area contributed by atoms with Gasteiger partial charge in [-0.1, -0.05) is 13.8 Å². The lowest BCUT2D eigenvalue weighted by Gasteiger charge is -2.26. The zero-order valence-electron chi connectivity index (χ0n) is 37.3. The first-order valence-electron chi connectivity index (χ1n) is 20.9. The SMILES string of the molecule is CCC(CO)COP(=O)([O-])OCCOCCOCCOCCOCCOCCOP(=O)([O-])OCCOCCOCCOCCOCCOCCOP(=O)([O-])OCC(CC)COP(=O)([O-])O. The van der Waals surface area contributed by atoms with Crippen LogP contribution in [0.15, 0.2) is 0 Å². The van der Waals surface area contributed by atoms with E-state index >= 15 is 0 Å². The molecule has 65 heavy (non-hydrogen) atoms. The van der Waals surface area contributed by atoms with E-state index in [-0.39, 0.29) is 138 Å². The van der Waals surface area contributed by atoms with Crippen LogP contribution in [0, 0.1) is 11.8 Å². The molecule has 0 amide bonds. The third-order valence-electron chi connectivity index (χ3n) is 7.71. The molecule has 0 aliphatic heterocycles. The molecule has 0 rings (SSSR count). The van der Waals surface area contributed by atoms with Crippen molar-refractivity contribution in [2.75, 3.05) is 185 Å². The summed E-state index contributed by atoms with van der Waals surface area (Å²) >= 11 is 0. The Balaban J connectivity index is 3.44. The molecular formula is C34H70O27P4-4. The second kappa shape index (κ2) is 42.8. The van der Waals surface area contributed by atoms with Gasteiger partial charge in [-0.25, -0.2) is 0 Å². The lowest BCUT2D eigenvalue weighted by atomic mass is 10.1. The predicted octanol–water partition coefficient (Wildman–Crippen LogP) is -0.821. The summed E-state index contributed by atoms with van der Waals surface area (Å²) in [6.45, 7) is 5.61. The number of rotatable bonds is 52. The Labute approximate surface area is 381 Å². The quantitative estimate of drug-likeness (QED) is 0.0555. The van der Waals surface area contributed by atoms with Crippen LogP contribution in [0.2, 0.25) is 0 Å². The van der Waals surface area contributed by atoms with E-state index in [1.807, 2.05) is 6.92 Å². The van der Waals surface area contributed by atoms with Crippen LogP contribution in [0.5, 0.6) is 0 Å². The minimum atomic E-state index is -4.92. The summed E-state index contributed by atoms with van der Waals surface area (Å²) in [6.07, 6.45) is 0.909. The Morgan fingerprint density at radius 2 is 0.538 bits per heavy atom. The van der Waals surface area contributed by atoms with Crippen LogP contribution < -0.4 is 19.6 Å². The van der Waals surface area contributed by atoms with Gasteiger partial charge in [-0.05, 0) is 12.8 Å². The van der Waals surface area contributed by atoms with Gasteiger partial charge in [0.05, 0.1) is 178 Å². The maximum Gasteiger partial charge on any atom is 0.268 e. The summed E-state index contributed by atoms with van der Waals surface area (Å²) in [5.41, 5.74) is 0. The first-order chi connectivity index (χ1) is 31.0. The van der Waals surface area contributed by atoms with Crippen LogP contribution in [-0.4, -0.2) is 195 Å². The molecule has 6 unspecified atom stereocenters. The van der Waals surface area contributed by atoms with Crippen LogP contribution in [-0.2, 0) is 97.3 Å². The van der Waals surface area contributed by atoms with E-state index < -0.39 is 43.8 Å². The highest BCUT2D eigenvalue weighted by atomic mass is 31.2. The van der Waals surface area contributed by atoms with E-state index in [4.69, 9.17) is 80.0 Å². The van der Waals surface area contributed by atoms with Gasteiger partial charge in [-0.15, -0.1) is 0 Å². The zero-order valence-corrected chi connectivity index (χ0v) is 40.8. The Bertz CT molecular complexity index is 1260. The Hall–Kier alpha value is -0.000000000000000208. The van der Waals surface area contributed by atoms with E-state index in [0.717, 1.165) is 0 Å². The first kappa shape index (κ1) is 65.0. The molecule has 2 N–H and O–H groups in total. The van der Waals surface area contributed by atoms with E-state index in [0.29, 0.717) is 59.1 Å². The van der Waals surface area contributed by atoms with Crippen molar-refractivity contribution in [1.82, 2.24) is 0 Å². The summed E-state index contributed by atoms with van der Waals surface area (Å²) in [5, 5.41) is 9.07. The minimum absolute atomic E-state index is 0.00196. The number of ether oxygens (including phenoxy) is 10. The third-order valence-corrected chi connectivity index (χ3v) is 11.1. The molecule has 0 fully saturated rings. The van der Waals surface area contributed by atoms with Gasteiger partial charge >= 0.3 is 0 Å². The molecule has 0 bridgehead atoms. The van der Waals surface area contributed by atoms with Gasteiger partial charge in [0.25, 0.3) is 31.3 Å². The monoisotopic (exact) mass is 1030 g/mol. The average molecular weight is 1030 g/mol. The fraction of sp³-hybridized carbons (Fsp3) is 1.00. The van der Waals surface area contributed by atoms with Crippen LogP contribution in [0.1, 0.15) is 26.7 Å². The number of aliphatic hydroxyl groups excluding tert-OH is 1. The second-order valence-corrected chi connectivity index (χ2v) is 18.3. The van der Waals surface area contributed by atoms with Crippen molar-refractivity contribution in [1.29, 1.82) is 0 Å². The largest absolute Gasteiger partial charge is 0.756 e. The normalized spacial score (nSPS) is 16.7. The highest BCUT2D eigenvalue weighted by Gasteiger charge is 2.17. The Morgan fingerprint density at radius 1 is 0.338 bits per heavy atom. The molecule has 0 spiro atoms. The molecule has 0 aliphatic carbocycles. The summed E-state index contributed by atoms with van der Waals surface area (Å²) in [6, 6.07) is 0. The molecule has 0 aliphatic rings. The van der Waals surface area contributed by atoms with Crippen LogP contribution in [0.3, 0.4) is 0 Å². The van der Waals surface area contributed by atoms with Crippen molar-refractivity contribution in [2.45, 2.75) is 26.7 Å². The Morgan fingerprint density at radius 3 is 0.754 bits per heavy atom. The molecule has 0 saturated heterocycles. The van der Waals surface area contributed by atoms with E-state index in [1.54, 1.807) is 6.92 Å². The molecule has 31 heteroatoms. The number of phosphoric ester groups is 4. The zero-order chi connectivity index (χ0) is 48.4. The molecule has 0 heterocycles. The molecule has 392 valence electrons. The van der Waals surface area contributed by atoms with Gasteiger partial charge in [0.1, 0.15) is 0 Å². The van der Waals surface area contributed by atoms with Crippen molar-refractivity contribution in [2.24, 2.45) is 11.8 Å². The highest BCUT2D eigenvalue weighted by Crippen LogP contribution is 2.40. The van der Waals surface area contributed by atoms with Crippen molar-refractivity contribution >= 4 is 31.3 Å². The number of phosphoric acid groups is 4. The van der Waals surface area contributed by atoms with Gasteiger partial charge in [-0.3, -0.25) is 18.3 Å². The van der Waals surface area contributed by atoms with E-state index in [1.165, 1.54) is 0 Å². The van der Waals surface area contributed by atoms with Crippen molar-refractivity contribution < 1.29 is 127 Å². The summed E-state index contributed by atoms with van der Waals surface area (Å²) in [7, 11) is -18.5. The molecule has 0 radical (unpaired) electrons. The summed E-state index contributed by atoms with van der Waals surface area (Å²) in [5.74, 6) is -0.877. The third kappa shape index (κ3) is 47.5. The standard InChI is InChI=1S/C34H74O27P4/c1-3-33(29-35)30-60-64(41,42)57-27-23-53-19-15-49-11-7-45-5-9-47-13-17-51-21-25-55-63(39,40)56-26-22-52-18-14-48-10-6-46-8-12-50-16-20-54-24-28-58-65(43,44)61-32-34(4-2)31-59-62(36,37)38/h33-35H,3-32H2,1-2H3,(H,39,40)(H,41,42)(H,43,44)(H2,36,37,38)/p-4. The highest BCUT2D eigenvalue weighted by molar-refractivity contribution is 7.46. The maximum absolute atomic E-state index is 11.8. The lowest BCUT2D eigenvalue weighted by Crippen LogP contribution is -2.20. The molecule has 0 aromatic carbocycles. The Kier molecular flexibility index (Phi) is 42.8. The minimum Gasteiger partial charge on any atom is -0.756 e. The van der Waals surface area contributed by atoms with Crippen LogP contribution in [0.4, 0.5) is 0 Å². The summed E-state index contributed by atoms with van der Waals surface area (Å²) < 4.78 is 132. The number of aliphatic hydroxyl groups is 1. The van der Waals surface area contributed by atoms with Crippen LogP contribution >= 0.6 is 31.3 Å². The second-order valence-electron chi connectivity index (χ2n) is 12.9. The smallest absolute Gasteiger partial charge is 0.268 e. The van der Waals surface area contributed by atoms with Crippen molar-refractivity contribution in [3.05, 3.63) is 0 Å². The van der Waals surface area contributed by atoms with E-state index in [9.17, 15) is 37.8 Å². The van der Waals surface area contributed by atoms with Gasteiger partial charge in [0.2, 0.25) is 0 Å². The van der Waals surface area contributed by atoms with Crippen molar-refractivity contribution in [3.63, 3.8) is 0 Å². The predicted molar refractivity (Wildman–Crippen MR) is 217 cm³/mol. The van der Waals surface area contributed by atoms with Gasteiger partial charge < -0.3 is 109 Å². The number of hydrogen-bond acceptors (Lipinski definition) is 26. The number of hydrogen-bond donors (Lipinski definition) is 2. The lowest BCUT2D eigenvalue weighted by molar-refractivity contribution is -0.229. The van der Waals surface area contributed by atoms with Crippen molar-refractivity contribution in [3.8, 4) is 0 Å². The fourth-order valence-electron chi connectivity index (χ4n) is 4.08. The van der Waals surface area contributed by atoms with Crippen LogP contribution in [0.25, 0.3) is 0 Å². The fourth-order valence-corrected chi connectivity index (χ4v) is 6.69.